The molecule has 0 aliphatic heterocycles. The van der Waals surface area contributed by atoms with Crippen LogP contribution in [0.1, 0.15) is 32.8 Å². The van der Waals surface area contributed by atoms with Crippen molar-refractivity contribution in [3.05, 3.63) is 48.5 Å². The second-order valence-electron chi connectivity index (χ2n) is 6.21. The highest BCUT2D eigenvalue weighted by Gasteiger charge is 2.10. The number of aromatic nitrogens is 2. The van der Waals surface area contributed by atoms with Gasteiger partial charge in [-0.1, -0.05) is 18.2 Å². The van der Waals surface area contributed by atoms with Crippen LogP contribution in [0.4, 0.5) is 0 Å². The molecule has 21 heavy (non-hydrogen) atoms. The van der Waals surface area contributed by atoms with Crippen LogP contribution < -0.4 is 10.1 Å². The van der Waals surface area contributed by atoms with Gasteiger partial charge in [0.25, 0.3) is 0 Å². The van der Waals surface area contributed by atoms with Gasteiger partial charge in [-0.05, 0) is 33.3 Å². The highest BCUT2D eigenvalue weighted by atomic mass is 16.5. The van der Waals surface area contributed by atoms with Gasteiger partial charge in [0.2, 0.25) is 0 Å². The summed E-state index contributed by atoms with van der Waals surface area (Å²) in [6.45, 7) is 8.97. The van der Waals surface area contributed by atoms with Crippen LogP contribution in [0.25, 0.3) is 0 Å². The molecule has 0 aliphatic rings. The second kappa shape index (κ2) is 7.27. The highest BCUT2D eigenvalue weighted by Crippen LogP contribution is 2.19. The number of hydrogen-bond acceptors (Lipinski definition) is 3. The summed E-state index contributed by atoms with van der Waals surface area (Å²) in [7, 11) is 0. The van der Waals surface area contributed by atoms with E-state index in [2.05, 4.69) is 47.8 Å². The van der Waals surface area contributed by atoms with E-state index >= 15 is 0 Å². The molecule has 1 aromatic heterocycles. The van der Waals surface area contributed by atoms with Gasteiger partial charge in [0.05, 0.1) is 12.9 Å². The number of nitrogens with zero attached hydrogens (tertiary/aromatic N) is 2. The fraction of sp³-hybridized carbons (Fsp3) is 0.471. The molecule has 0 atom stereocenters. The van der Waals surface area contributed by atoms with E-state index in [1.54, 1.807) is 6.20 Å². The van der Waals surface area contributed by atoms with Crippen molar-refractivity contribution in [1.29, 1.82) is 0 Å². The van der Waals surface area contributed by atoms with Crippen molar-refractivity contribution < 1.29 is 4.74 Å². The molecule has 0 saturated carbocycles. The Balaban J connectivity index is 1.82. The Bertz CT molecular complexity index is 529. The minimum atomic E-state index is 0.106. The number of rotatable bonds is 7. The number of aryl methyl sites for hydroxylation is 1. The summed E-state index contributed by atoms with van der Waals surface area (Å²) in [5.41, 5.74) is 1.31. The maximum Gasteiger partial charge on any atom is 0.123 e. The quantitative estimate of drug-likeness (QED) is 0.795. The summed E-state index contributed by atoms with van der Waals surface area (Å²) >= 11 is 0. The van der Waals surface area contributed by atoms with Gasteiger partial charge < -0.3 is 14.6 Å². The van der Waals surface area contributed by atoms with Crippen molar-refractivity contribution in [1.82, 2.24) is 14.9 Å². The molecule has 1 N–H and O–H groups in total. The van der Waals surface area contributed by atoms with E-state index in [1.807, 2.05) is 24.7 Å². The third kappa shape index (κ3) is 5.60. The third-order valence-corrected chi connectivity index (χ3v) is 3.16. The Morgan fingerprint density at radius 3 is 2.76 bits per heavy atom. The summed E-state index contributed by atoms with van der Waals surface area (Å²) in [5.74, 6) is 0.972. The van der Waals surface area contributed by atoms with Crippen molar-refractivity contribution in [2.45, 2.75) is 45.8 Å². The van der Waals surface area contributed by atoms with Gasteiger partial charge in [-0.3, -0.25) is 0 Å². The van der Waals surface area contributed by atoms with Crippen molar-refractivity contribution in [2.75, 3.05) is 6.61 Å². The molecule has 0 radical (unpaired) electrons. The van der Waals surface area contributed by atoms with Crippen molar-refractivity contribution >= 4 is 0 Å². The first kappa shape index (κ1) is 15.6. The van der Waals surface area contributed by atoms with Gasteiger partial charge in [0.1, 0.15) is 5.75 Å². The van der Waals surface area contributed by atoms with E-state index in [1.165, 1.54) is 5.56 Å². The fourth-order valence-electron chi connectivity index (χ4n) is 2.00. The van der Waals surface area contributed by atoms with Gasteiger partial charge in [0, 0.05) is 36.6 Å². The van der Waals surface area contributed by atoms with E-state index in [0.29, 0.717) is 6.61 Å². The lowest BCUT2D eigenvalue weighted by atomic mass is 10.1. The van der Waals surface area contributed by atoms with Crippen LogP contribution in [0, 0.1) is 0 Å². The Labute approximate surface area is 127 Å². The van der Waals surface area contributed by atoms with E-state index in [0.717, 1.165) is 25.3 Å². The van der Waals surface area contributed by atoms with Crippen molar-refractivity contribution in [2.24, 2.45) is 0 Å². The smallest absolute Gasteiger partial charge is 0.123 e. The Hall–Kier alpha value is -1.81. The molecule has 0 amide bonds. The van der Waals surface area contributed by atoms with Crippen LogP contribution in [0.15, 0.2) is 43.0 Å². The molecule has 4 heteroatoms. The molecule has 4 nitrogen and oxygen atoms in total. The lowest BCUT2D eigenvalue weighted by molar-refractivity contribution is 0.296. The van der Waals surface area contributed by atoms with Crippen molar-refractivity contribution in [3.8, 4) is 5.75 Å². The Morgan fingerprint density at radius 1 is 1.24 bits per heavy atom. The van der Waals surface area contributed by atoms with Crippen LogP contribution in [0.3, 0.4) is 0 Å². The summed E-state index contributed by atoms with van der Waals surface area (Å²) in [6.07, 6.45) is 6.58. The van der Waals surface area contributed by atoms with Crippen molar-refractivity contribution in [3.63, 3.8) is 0 Å². The lowest BCUT2D eigenvalue weighted by Gasteiger charge is -2.21. The van der Waals surface area contributed by atoms with Crippen LogP contribution in [0.5, 0.6) is 5.75 Å². The summed E-state index contributed by atoms with van der Waals surface area (Å²) < 4.78 is 7.99. The van der Waals surface area contributed by atoms with Gasteiger partial charge in [-0.2, -0.15) is 0 Å². The highest BCUT2D eigenvalue weighted by molar-refractivity contribution is 5.33. The summed E-state index contributed by atoms with van der Waals surface area (Å²) in [6, 6.07) is 8.23. The molecule has 2 rings (SSSR count). The normalized spacial score (nSPS) is 11.6. The van der Waals surface area contributed by atoms with Gasteiger partial charge in [-0.25, -0.2) is 4.98 Å². The van der Waals surface area contributed by atoms with Gasteiger partial charge in [-0.15, -0.1) is 0 Å². The van der Waals surface area contributed by atoms with Crippen LogP contribution in [-0.2, 0) is 13.1 Å². The maximum absolute atomic E-state index is 5.93. The average molecular weight is 287 g/mol. The monoisotopic (exact) mass is 287 g/mol. The number of nitrogens with one attached hydrogen (secondary N) is 1. The molecular weight excluding hydrogens is 262 g/mol. The van der Waals surface area contributed by atoms with E-state index in [4.69, 9.17) is 4.74 Å². The Kier molecular flexibility index (Phi) is 5.39. The van der Waals surface area contributed by atoms with Crippen LogP contribution in [0.2, 0.25) is 0 Å². The minimum absolute atomic E-state index is 0.106. The molecule has 0 bridgehead atoms. The first-order valence-electron chi connectivity index (χ1n) is 7.46. The number of para-hydroxylation sites is 1. The standard InChI is InChI=1S/C17H25N3O/c1-17(2,3)19-13-15-7-4-5-8-16(15)21-12-6-10-20-11-9-18-14-20/h4-5,7-9,11,14,19H,6,10,12-13H2,1-3H3. The average Bonchev–Trinajstić information content (AvgIpc) is 2.95. The minimum Gasteiger partial charge on any atom is -0.493 e. The molecule has 2 aromatic rings. The lowest BCUT2D eigenvalue weighted by Crippen LogP contribution is -2.35. The molecule has 0 saturated heterocycles. The number of hydrogen-bond donors (Lipinski definition) is 1. The first-order chi connectivity index (χ1) is 10.0. The summed E-state index contributed by atoms with van der Waals surface area (Å²) in [4.78, 5) is 4.03. The molecule has 0 fully saturated rings. The molecule has 0 spiro atoms. The molecule has 1 aromatic carbocycles. The maximum atomic E-state index is 5.93. The summed E-state index contributed by atoms with van der Waals surface area (Å²) in [5, 5.41) is 3.50. The zero-order valence-corrected chi connectivity index (χ0v) is 13.2. The topological polar surface area (TPSA) is 39.1 Å². The third-order valence-electron chi connectivity index (χ3n) is 3.16. The second-order valence-corrected chi connectivity index (χ2v) is 6.21. The molecule has 0 aliphatic carbocycles. The van der Waals surface area contributed by atoms with E-state index < -0.39 is 0 Å². The van der Waals surface area contributed by atoms with Crippen LogP contribution in [-0.4, -0.2) is 21.7 Å². The number of ether oxygens (including phenoxy) is 1. The van der Waals surface area contributed by atoms with E-state index in [9.17, 15) is 0 Å². The molecule has 114 valence electrons. The Morgan fingerprint density at radius 2 is 2.05 bits per heavy atom. The van der Waals surface area contributed by atoms with Gasteiger partial charge in [0.15, 0.2) is 0 Å². The fourth-order valence-corrected chi connectivity index (χ4v) is 2.00. The largest absolute Gasteiger partial charge is 0.493 e. The zero-order valence-electron chi connectivity index (χ0n) is 13.2. The predicted molar refractivity (Wildman–Crippen MR) is 85.4 cm³/mol. The SMILES string of the molecule is CC(C)(C)NCc1ccccc1OCCCn1ccnc1. The van der Waals surface area contributed by atoms with Gasteiger partial charge >= 0.3 is 0 Å². The number of benzene rings is 1. The van der Waals surface area contributed by atoms with E-state index in [-0.39, 0.29) is 5.54 Å². The predicted octanol–water partition coefficient (Wildman–Crippen LogP) is 3.24. The first-order valence-corrected chi connectivity index (χ1v) is 7.46. The molecule has 0 unspecified atom stereocenters. The number of imidazole rings is 1. The molecular formula is C17H25N3O. The molecule has 1 heterocycles. The van der Waals surface area contributed by atoms with Crippen LogP contribution >= 0.6 is 0 Å². The zero-order chi connectivity index (χ0) is 15.1.